The van der Waals surface area contributed by atoms with Gasteiger partial charge in [-0.1, -0.05) is 72.7 Å². The van der Waals surface area contributed by atoms with E-state index in [2.05, 4.69) is 55.8 Å². The Morgan fingerprint density at radius 3 is 2.32 bits per heavy atom. The first kappa shape index (κ1) is 13.2. The minimum absolute atomic E-state index is 0.0910. The van der Waals surface area contributed by atoms with Gasteiger partial charge in [-0.2, -0.15) is 0 Å². The fourth-order valence-electron chi connectivity index (χ4n) is 2.11. The molecular weight excluding hydrogens is 228 g/mol. The van der Waals surface area contributed by atoms with Gasteiger partial charge in [0.15, 0.2) is 0 Å². The number of aryl methyl sites for hydroxylation is 1. The van der Waals surface area contributed by atoms with Crippen molar-refractivity contribution in [2.75, 3.05) is 0 Å². The zero-order valence-corrected chi connectivity index (χ0v) is 11.3. The Bertz CT molecular complexity index is 582. The lowest BCUT2D eigenvalue weighted by molar-refractivity contribution is 0.908. The standard InChI is InChI=1S/C19H18/c1-4-17(19-12-10-15(2)11-13-19)14-16(3)18-8-6-5-7-9-18/h1,5-13,17H,3,14H2,2H3. The molecule has 0 fully saturated rings. The second-order valence-corrected chi connectivity index (χ2v) is 4.80. The molecule has 94 valence electrons. The molecule has 1 unspecified atom stereocenters. The number of hydrogen-bond acceptors (Lipinski definition) is 0. The number of rotatable bonds is 4. The van der Waals surface area contributed by atoms with E-state index >= 15 is 0 Å². The highest BCUT2D eigenvalue weighted by Crippen LogP contribution is 2.27. The van der Waals surface area contributed by atoms with Gasteiger partial charge in [-0.25, -0.2) is 0 Å². The van der Waals surface area contributed by atoms with E-state index in [4.69, 9.17) is 6.42 Å². The molecule has 2 rings (SSSR count). The molecule has 2 aromatic carbocycles. The SMILES string of the molecule is C#CC(CC(=C)c1ccccc1)c1ccc(C)cc1. The average molecular weight is 246 g/mol. The van der Waals surface area contributed by atoms with Crippen molar-refractivity contribution in [1.82, 2.24) is 0 Å². The number of hydrogen-bond donors (Lipinski definition) is 0. The summed E-state index contributed by atoms with van der Waals surface area (Å²) in [6, 6.07) is 18.6. The summed E-state index contributed by atoms with van der Waals surface area (Å²) in [6.45, 7) is 6.24. The molecule has 0 nitrogen and oxygen atoms in total. The molecule has 1 atom stereocenters. The molecule has 0 heteroatoms. The molecule has 0 radical (unpaired) electrons. The van der Waals surface area contributed by atoms with Crippen LogP contribution in [0.4, 0.5) is 0 Å². The van der Waals surface area contributed by atoms with E-state index in [1.54, 1.807) is 0 Å². The Hall–Kier alpha value is -2.26. The molecule has 0 spiro atoms. The quantitative estimate of drug-likeness (QED) is 0.679. The lowest BCUT2D eigenvalue weighted by Crippen LogP contribution is -1.97. The van der Waals surface area contributed by atoms with E-state index < -0.39 is 0 Å². The van der Waals surface area contributed by atoms with E-state index in [9.17, 15) is 0 Å². The van der Waals surface area contributed by atoms with Crippen LogP contribution in [-0.2, 0) is 0 Å². The van der Waals surface area contributed by atoms with Crippen molar-refractivity contribution in [3.63, 3.8) is 0 Å². The van der Waals surface area contributed by atoms with Gasteiger partial charge in [-0.05, 0) is 30.0 Å². The minimum Gasteiger partial charge on any atom is -0.119 e. The zero-order valence-electron chi connectivity index (χ0n) is 11.3. The Morgan fingerprint density at radius 1 is 1.11 bits per heavy atom. The van der Waals surface area contributed by atoms with Gasteiger partial charge in [0.2, 0.25) is 0 Å². The van der Waals surface area contributed by atoms with Gasteiger partial charge in [0.25, 0.3) is 0 Å². The molecule has 0 amide bonds. The van der Waals surface area contributed by atoms with E-state index in [0.717, 1.165) is 17.6 Å². The highest BCUT2D eigenvalue weighted by Gasteiger charge is 2.10. The summed E-state index contributed by atoms with van der Waals surface area (Å²) in [7, 11) is 0. The molecule has 2 aromatic rings. The number of terminal acetylenes is 1. The summed E-state index contributed by atoms with van der Waals surface area (Å²) in [6.07, 6.45) is 6.47. The molecule has 0 aliphatic heterocycles. The molecule has 0 aliphatic carbocycles. The molecular formula is C19H18. The van der Waals surface area contributed by atoms with E-state index in [0.29, 0.717) is 0 Å². The van der Waals surface area contributed by atoms with Gasteiger partial charge in [0.1, 0.15) is 0 Å². The fraction of sp³-hybridized carbons (Fsp3) is 0.158. The molecule has 0 saturated carbocycles. The second kappa shape index (κ2) is 6.07. The van der Waals surface area contributed by atoms with E-state index in [1.165, 1.54) is 11.1 Å². The topological polar surface area (TPSA) is 0 Å². The summed E-state index contributed by atoms with van der Waals surface area (Å²) in [5.74, 6) is 2.97. The Morgan fingerprint density at radius 2 is 1.74 bits per heavy atom. The summed E-state index contributed by atoms with van der Waals surface area (Å²) in [5, 5.41) is 0. The first-order valence-corrected chi connectivity index (χ1v) is 6.46. The third-order valence-corrected chi connectivity index (χ3v) is 3.31. The third kappa shape index (κ3) is 3.36. The normalized spacial score (nSPS) is 11.6. The van der Waals surface area contributed by atoms with Crippen LogP contribution >= 0.6 is 0 Å². The van der Waals surface area contributed by atoms with Crippen molar-refractivity contribution >= 4 is 5.57 Å². The highest BCUT2D eigenvalue weighted by molar-refractivity contribution is 5.64. The Labute approximate surface area is 115 Å². The van der Waals surface area contributed by atoms with Gasteiger partial charge < -0.3 is 0 Å². The van der Waals surface area contributed by atoms with Crippen LogP contribution in [-0.4, -0.2) is 0 Å². The Balaban J connectivity index is 2.14. The van der Waals surface area contributed by atoms with Crippen molar-refractivity contribution in [2.45, 2.75) is 19.3 Å². The van der Waals surface area contributed by atoms with Gasteiger partial charge in [-0.3, -0.25) is 0 Å². The highest BCUT2D eigenvalue weighted by atomic mass is 14.1. The molecule has 0 heterocycles. The molecule has 0 aromatic heterocycles. The largest absolute Gasteiger partial charge is 0.119 e. The second-order valence-electron chi connectivity index (χ2n) is 4.80. The first-order valence-electron chi connectivity index (χ1n) is 6.46. The van der Waals surface area contributed by atoms with Crippen molar-refractivity contribution in [2.24, 2.45) is 0 Å². The van der Waals surface area contributed by atoms with Crippen molar-refractivity contribution in [3.8, 4) is 12.3 Å². The van der Waals surface area contributed by atoms with Crippen molar-refractivity contribution in [1.29, 1.82) is 0 Å². The maximum Gasteiger partial charge on any atom is 0.0489 e. The molecule has 0 aliphatic rings. The Kier molecular flexibility index (Phi) is 4.21. The molecule has 0 bridgehead atoms. The predicted molar refractivity (Wildman–Crippen MR) is 82.8 cm³/mol. The van der Waals surface area contributed by atoms with Gasteiger partial charge in [0.05, 0.1) is 0 Å². The monoisotopic (exact) mass is 246 g/mol. The molecule has 19 heavy (non-hydrogen) atoms. The van der Waals surface area contributed by atoms with Crippen LogP contribution in [0.25, 0.3) is 5.57 Å². The van der Waals surface area contributed by atoms with Gasteiger partial charge >= 0.3 is 0 Å². The molecule has 0 saturated heterocycles. The van der Waals surface area contributed by atoms with Crippen LogP contribution in [0, 0.1) is 19.3 Å². The van der Waals surface area contributed by atoms with Gasteiger partial charge in [0, 0.05) is 5.92 Å². The predicted octanol–water partition coefficient (Wildman–Crippen LogP) is 4.82. The third-order valence-electron chi connectivity index (χ3n) is 3.31. The zero-order chi connectivity index (χ0) is 13.7. The lowest BCUT2D eigenvalue weighted by atomic mass is 9.90. The summed E-state index contributed by atoms with van der Waals surface area (Å²) in [4.78, 5) is 0. The summed E-state index contributed by atoms with van der Waals surface area (Å²) < 4.78 is 0. The maximum absolute atomic E-state index is 5.68. The van der Waals surface area contributed by atoms with E-state index in [1.807, 2.05) is 18.2 Å². The first-order chi connectivity index (χ1) is 9.20. The fourth-order valence-corrected chi connectivity index (χ4v) is 2.11. The van der Waals surface area contributed by atoms with Crippen LogP contribution in [0.3, 0.4) is 0 Å². The van der Waals surface area contributed by atoms with Crippen molar-refractivity contribution in [3.05, 3.63) is 77.9 Å². The van der Waals surface area contributed by atoms with Crippen LogP contribution < -0.4 is 0 Å². The minimum atomic E-state index is 0.0910. The summed E-state index contributed by atoms with van der Waals surface area (Å²) in [5.41, 5.74) is 4.69. The van der Waals surface area contributed by atoms with E-state index in [-0.39, 0.29) is 5.92 Å². The van der Waals surface area contributed by atoms with Crippen molar-refractivity contribution < 1.29 is 0 Å². The lowest BCUT2D eigenvalue weighted by Gasteiger charge is -2.13. The summed E-state index contributed by atoms with van der Waals surface area (Å²) >= 11 is 0. The maximum atomic E-state index is 5.68. The molecule has 0 N–H and O–H groups in total. The van der Waals surface area contributed by atoms with Crippen LogP contribution in [0.15, 0.2) is 61.2 Å². The van der Waals surface area contributed by atoms with Crippen LogP contribution in [0.1, 0.15) is 29.0 Å². The number of allylic oxidation sites excluding steroid dienone is 1. The smallest absolute Gasteiger partial charge is 0.0489 e. The van der Waals surface area contributed by atoms with Crippen LogP contribution in [0.5, 0.6) is 0 Å². The van der Waals surface area contributed by atoms with Crippen LogP contribution in [0.2, 0.25) is 0 Å². The van der Waals surface area contributed by atoms with Gasteiger partial charge in [-0.15, -0.1) is 6.42 Å². The average Bonchev–Trinajstić information content (AvgIpc) is 2.46. The number of benzene rings is 2.